The van der Waals surface area contributed by atoms with Gasteiger partial charge in [0, 0.05) is 18.5 Å². The van der Waals surface area contributed by atoms with Gasteiger partial charge in [-0.3, -0.25) is 4.79 Å². The van der Waals surface area contributed by atoms with Crippen molar-refractivity contribution in [3.8, 4) is 0 Å². The molecule has 0 bridgehead atoms. The van der Waals surface area contributed by atoms with Gasteiger partial charge in [-0.05, 0) is 6.42 Å². The second-order valence-electron chi connectivity index (χ2n) is 4.26. The Balaban J connectivity index is 2.29. The van der Waals surface area contributed by atoms with Crippen LogP contribution in [0.2, 0.25) is 0 Å². The molecule has 0 aliphatic carbocycles. The molecule has 4 nitrogen and oxygen atoms in total. The summed E-state index contributed by atoms with van der Waals surface area (Å²) in [4.78, 5) is 11.5. The Hall–Kier alpha value is -0.610. The van der Waals surface area contributed by atoms with E-state index >= 15 is 0 Å². The molecule has 1 atom stereocenters. The lowest BCUT2D eigenvalue weighted by atomic mass is 9.77. The molecule has 1 heterocycles. The first-order valence-corrected chi connectivity index (χ1v) is 5.23. The average molecular weight is 200 g/mol. The fourth-order valence-corrected chi connectivity index (χ4v) is 1.43. The second kappa shape index (κ2) is 4.75. The molecule has 82 valence electrons. The molecule has 0 aromatic rings. The van der Waals surface area contributed by atoms with E-state index in [1.54, 1.807) is 0 Å². The van der Waals surface area contributed by atoms with Crippen molar-refractivity contribution < 1.29 is 9.53 Å². The molecule has 1 fully saturated rings. The van der Waals surface area contributed by atoms with Crippen molar-refractivity contribution in [3.05, 3.63) is 0 Å². The molecule has 3 N–H and O–H groups in total. The van der Waals surface area contributed by atoms with Gasteiger partial charge < -0.3 is 15.8 Å². The van der Waals surface area contributed by atoms with Crippen LogP contribution >= 0.6 is 0 Å². The van der Waals surface area contributed by atoms with Gasteiger partial charge in [-0.2, -0.15) is 0 Å². The van der Waals surface area contributed by atoms with Gasteiger partial charge >= 0.3 is 5.97 Å². The number of esters is 1. The molecule has 14 heavy (non-hydrogen) atoms. The van der Waals surface area contributed by atoms with E-state index in [2.05, 4.69) is 12.2 Å². The summed E-state index contributed by atoms with van der Waals surface area (Å²) in [6.45, 7) is 6.17. The molecular formula is C10H20N2O2. The minimum absolute atomic E-state index is 0.108. The van der Waals surface area contributed by atoms with Crippen LogP contribution in [-0.2, 0) is 9.53 Å². The first-order chi connectivity index (χ1) is 6.60. The summed E-state index contributed by atoms with van der Waals surface area (Å²) >= 11 is 0. The van der Waals surface area contributed by atoms with Crippen LogP contribution in [0.15, 0.2) is 0 Å². The first-order valence-electron chi connectivity index (χ1n) is 5.23. The molecule has 0 aromatic heterocycles. The zero-order chi connectivity index (χ0) is 10.6. The molecule has 1 aliphatic heterocycles. The summed E-state index contributed by atoms with van der Waals surface area (Å²) in [5, 5.41) is 3.12. The van der Waals surface area contributed by atoms with Crippen molar-refractivity contribution in [2.75, 3.05) is 19.7 Å². The normalized spacial score (nSPS) is 21.1. The third-order valence-electron chi connectivity index (χ3n) is 2.80. The highest BCUT2D eigenvalue weighted by molar-refractivity contribution is 5.76. The van der Waals surface area contributed by atoms with E-state index in [1.807, 2.05) is 6.92 Å². The van der Waals surface area contributed by atoms with Crippen LogP contribution in [0.1, 0.15) is 26.7 Å². The van der Waals surface area contributed by atoms with Crippen LogP contribution in [0.4, 0.5) is 0 Å². The highest BCUT2D eigenvalue weighted by atomic mass is 16.5. The molecule has 0 amide bonds. The van der Waals surface area contributed by atoms with Crippen molar-refractivity contribution in [1.29, 1.82) is 0 Å². The summed E-state index contributed by atoms with van der Waals surface area (Å²) < 4.78 is 5.07. The Morgan fingerprint density at radius 3 is 2.71 bits per heavy atom. The van der Waals surface area contributed by atoms with E-state index in [-0.39, 0.29) is 11.4 Å². The summed E-state index contributed by atoms with van der Waals surface area (Å²) in [7, 11) is 0. The highest BCUT2D eigenvalue weighted by Crippen LogP contribution is 2.25. The van der Waals surface area contributed by atoms with Crippen LogP contribution < -0.4 is 11.1 Å². The largest absolute Gasteiger partial charge is 0.465 e. The van der Waals surface area contributed by atoms with Crippen LogP contribution in [-0.4, -0.2) is 31.7 Å². The number of hydrogen-bond donors (Lipinski definition) is 2. The highest BCUT2D eigenvalue weighted by Gasteiger charge is 2.42. The van der Waals surface area contributed by atoms with Gasteiger partial charge in [-0.25, -0.2) is 0 Å². The van der Waals surface area contributed by atoms with E-state index in [0.717, 1.165) is 25.9 Å². The maximum absolute atomic E-state index is 11.5. The molecule has 1 aliphatic rings. The third kappa shape index (κ3) is 2.45. The van der Waals surface area contributed by atoms with Crippen molar-refractivity contribution in [2.45, 2.75) is 32.7 Å². The van der Waals surface area contributed by atoms with Crippen LogP contribution in [0, 0.1) is 5.41 Å². The Bertz CT molecular complexity index is 202. The molecule has 1 rings (SSSR count). The topological polar surface area (TPSA) is 64.3 Å². The minimum atomic E-state index is -0.486. The quantitative estimate of drug-likeness (QED) is 0.494. The van der Waals surface area contributed by atoms with Gasteiger partial charge in [-0.1, -0.05) is 20.3 Å². The number of nitrogens with one attached hydrogen (secondary N) is 1. The number of ether oxygens (including phenoxy) is 1. The lowest BCUT2D eigenvalue weighted by Crippen LogP contribution is -2.63. The molecule has 0 spiro atoms. The van der Waals surface area contributed by atoms with Gasteiger partial charge in [0.1, 0.15) is 6.04 Å². The summed E-state index contributed by atoms with van der Waals surface area (Å²) in [6.07, 6.45) is 1.94. The summed E-state index contributed by atoms with van der Waals surface area (Å²) in [5.74, 6) is -0.262. The van der Waals surface area contributed by atoms with Gasteiger partial charge in [0.25, 0.3) is 0 Å². The van der Waals surface area contributed by atoms with Gasteiger partial charge in [0.05, 0.1) is 6.61 Å². The number of carbonyl (C=O) groups is 1. The Labute approximate surface area is 85.2 Å². The molecule has 0 aromatic carbocycles. The first kappa shape index (κ1) is 11.5. The van der Waals surface area contributed by atoms with Crippen molar-refractivity contribution >= 4 is 5.97 Å². The number of hydrogen-bond acceptors (Lipinski definition) is 4. The van der Waals surface area contributed by atoms with Gasteiger partial charge in [-0.15, -0.1) is 0 Å². The van der Waals surface area contributed by atoms with Crippen LogP contribution in [0.3, 0.4) is 0 Å². The molecule has 1 unspecified atom stereocenters. The molecule has 0 saturated carbocycles. The smallest absolute Gasteiger partial charge is 0.323 e. The summed E-state index contributed by atoms with van der Waals surface area (Å²) in [5.41, 5.74) is 5.72. The van der Waals surface area contributed by atoms with Crippen LogP contribution in [0.25, 0.3) is 0 Å². The number of rotatable bonds is 5. The predicted octanol–water partition coefficient (Wildman–Crippen LogP) is 0.267. The lowest BCUT2D eigenvalue weighted by molar-refractivity contribution is -0.149. The van der Waals surface area contributed by atoms with Crippen LogP contribution in [0.5, 0.6) is 0 Å². The fourth-order valence-electron chi connectivity index (χ4n) is 1.43. The Morgan fingerprint density at radius 1 is 1.64 bits per heavy atom. The standard InChI is InChI=1S/C10H20N2O2/c1-3-4-5-14-9(13)8(11)10(2)6-12-7-10/h8,12H,3-7,11H2,1-2H3. The van der Waals surface area contributed by atoms with Crippen molar-refractivity contribution in [2.24, 2.45) is 11.1 Å². The molecule has 1 saturated heterocycles. The number of unbranched alkanes of at least 4 members (excludes halogenated alkanes) is 1. The Kier molecular flexibility index (Phi) is 3.89. The average Bonchev–Trinajstić information content (AvgIpc) is 2.13. The van der Waals surface area contributed by atoms with Crippen molar-refractivity contribution in [3.63, 3.8) is 0 Å². The second-order valence-corrected chi connectivity index (χ2v) is 4.26. The monoisotopic (exact) mass is 200 g/mol. The maximum Gasteiger partial charge on any atom is 0.323 e. The number of carbonyl (C=O) groups excluding carboxylic acids is 1. The molecular weight excluding hydrogens is 180 g/mol. The molecule has 4 heteroatoms. The zero-order valence-corrected chi connectivity index (χ0v) is 9.01. The van der Waals surface area contributed by atoms with E-state index in [4.69, 9.17) is 10.5 Å². The molecule has 0 radical (unpaired) electrons. The van der Waals surface area contributed by atoms with E-state index in [0.29, 0.717) is 6.61 Å². The summed E-state index contributed by atoms with van der Waals surface area (Å²) in [6, 6.07) is -0.486. The van der Waals surface area contributed by atoms with E-state index in [1.165, 1.54) is 0 Å². The van der Waals surface area contributed by atoms with E-state index < -0.39 is 6.04 Å². The van der Waals surface area contributed by atoms with E-state index in [9.17, 15) is 4.79 Å². The minimum Gasteiger partial charge on any atom is -0.465 e. The number of nitrogens with two attached hydrogens (primary N) is 1. The van der Waals surface area contributed by atoms with Gasteiger partial charge in [0.15, 0.2) is 0 Å². The van der Waals surface area contributed by atoms with Gasteiger partial charge in [0.2, 0.25) is 0 Å². The lowest BCUT2D eigenvalue weighted by Gasteiger charge is -2.42. The predicted molar refractivity (Wildman–Crippen MR) is 54.8 cm³/mol. The SMILES string of the molecule is CCCCOC(=O)C(N)C1(C)CNC1. The zero-order valence-electron chi connectivity index (χ0n) is 9.01. The third-order valence-corrected chi connectivity index (χ3v) is 2.80. The maximum atomic E-state index is 11.5. The fraction of sp³-hybridized carbons (Fsp3) is 0.900. The van der Waals surface area contributed by atoms with Crippen molar-refractivity contribution in [1.82, 2.24) is 5.32 Å². The Morgan fingerprint density at radius 2 is 2.29 bits per heavy atom.